The van der Waals surface area contributed by atoms with Crippen molar-refractivity contribution in [1.82, 2.24) is 9.80 Å². The lowest BCUT2D eigenvalue weighted by atomic mass is 9.76. The standard InChI is InChI=1S/C17H26N2O3/c1-2-8-19-11-7-17(16(19)21)5-9-18(10-6-17)15(20)14-3-12-22-13-4-14/h2,14H,1,3-13H2. The number of hydrogen-bond donors (Lipinski definition) is 0. The average Bonchev–Trinajstić information content (AvgIpc) is 2.86. The summed E-state index contributed by atoms with van der Waals surface area (Å²) < 4.78 is 5.33. The summed E-state index contributed by atoms with van der Waals surface area (Å²) in [5.41, 5.74) is -0.213. The van der Waals surface area contributed by atoms with Crippen LogP contribution >= 0.6 is 0 Å². The SMILES string of the molecule is C=CCN1CCC2(CCN(C(=O)C3CCOCC3)CC2)C1=O. The number of likely N-dealkylation sites (tertiary alicyclic amines) is 2. The molecule has 0 aromatic heterocycles. The third kappa shape index (κ3) is 2.78. The average molecular weight is 306 g/mol. The van der Waals surface area contributed by atoms with Crippen LogP contribution in [0.3, 0.4) is 0 Å². The smallest absolute Gasteiger partial charge is 0.229 e. The first kappa shape index (κ1) is 15.5. The molecular formula is C17H26N2O3. The van der Waals surface area contributed by atoms with Crippen LogP contribution in [0.4, 0.5) is 0 Å². The van der Waals surface area contributed by atoms with E-state index in [9.17, 15) is 9.59 Å². The van der Waals surface area contributed by atoms with Crippen LogP contribution in [0.2, 0.25) is 0 Å². The van der Waals surface area contributed by atoms with Gasteiger partial charge < -0.3 is 14.5 Å². The summed E-state index contributed by atoms with van der Waals surface area (Å²) in [4.78, 5) is 29.1. The van der Waals surface area contributed by atoms with Gasteiger partial charge in [-0.3, -0.25) is 9.59 Å². The first-order chi connectivity index (χ1) is 10.7. The van der Waals surface area contributed by atoms with Crippen LogP contribution in [0, 0.1) is 11.3 Å². The number of ether oxygens (including phenoxy) is 1. The normalized spacial score (nSPS) is 25.7. The van der Waals surface area contributed by atoms with E-state index in [1.807, 2.05) is 9.80 Å². The molecule has 0 atom stereocenters. The van der Waals surface area contributed by atoms with Gasteiger partial charge in [-0.25, -0.2) is 0 Å². The number of carbonyl (C=O) groups excluding carboxylic acids is 2. The number of rotatable bonds is 3. The molecule has 1 spiro atoms. The van der Waals surface area contributed by atoms with Gasteiger partial charge in [0.25, 0.3) is 0 Å². The molecular weight excluding hydrogens is 280 g/mol. The highest BCUT2D eigenvalue weighted by atomic mass is 16.5. The fourth-order valence-corrected chi connectivity index (χ4v) is 4.04. The van der Waals surface area contributed by atoms with Gasteiger partial charge >= 0.3 is 0 Å². The van der Waals surface area contributed by atoms with E-state index >= 15 is 0 Å². The van der Waals surface area contributed by atoms with E-state index < -0.39 is 0 Å². The number of hydrogen-bond acceptors (Lipinski definition) is 3. The zero-order valence-corrected chi connectivity index (χ0v) is 13.3. The van der Waals surface area contributed by atoms with Crippen molar-refractivity contribution in [3.63, 3.8) is 0 Å². The third-order valence-electron chi connectivity index (χ3n) is 5.55. The summed E-state index contributed by atoms with van der Waals surface area (Å²) in [6.45, 7) is 8.05. The molecule has 3 aliphatic heterocycles. The second-order valence-electron chi connectivity index (χ2n) is 6.78. The maximum Gasteiger partial charge on any atom is 0.229 e. The number of amides is 2. The Balaban J connectivity index is 1.57. The highest BCUT2D eigenvalue weighted by molar-refractivity contribution is 5.86. The van der Waals surface area contributed by atoms with E-state index in [4.69, 9.17) is 4.74 Å². The van der Waals surface area contributed by atoms with Crippen molar-refractivity contribution < 1.29 is 14.3 Å². The first-order valence-corrected chi connectivity index (χ1v) is 8.43. The van der Waals surface area contributed by atoms with Crippen LogP contribution in [0.5, 0.6) is 0 Å². The molecule has 0 unspecified atom stereocenters. The van der Waals surface area contributed by atoms with Crippen molar-refractivity contribution in [3.05, 3.63) is 12.7 Å². The Morgan fingerprint density at radius 1 is 1.23 bits per heavy atom. The lowest BCUT2D eigenvalue weighted by Crippen LogP contribution is -2.48. The lowest BCUT2D eigenvalue weighted by molar-refractivity contribution is -0.146. The zero-order valence-electron chi connectivity index (χ0n) is 13.3. The quantitative estimate of drug-likeness (QED) is 0.741. The van der Waals surface area contributed by atoms with Crippen LogP contribution in [-0.4, -0.2) is 61.0 Å². The Kier molecular flexibility index (Phi) is 4.52. The van der Waals surface area contributed by atoms with Gasteiger partial charge in [0, 0.05) is 45.3 Å². The van der Waals surface area contributed by atoms with Crippen molar-refractivity contribution in [1.29, 1.82) is 0 Å². The fourth-order valence-electron chi connectivity index (χ4n) is 4.04. The van der Waals surface area contributed by atoms with Crippen molar-refractivity contribution >= 4 is 11.8 Å². The molecule has 0 aromatic rings. The summed E-state index contributed by atoms with van der Waals surface area (Å²) in [6.07, 6.45) is 6.03. The monoisotopic (exact) mass is 306 g/mol. The molecule has 5 heteroatoms. The van der Waals surface area contributed by atoms with Crippen molar-refractivity contribution in [3.8, 4) is 0 Å². The van der Waals surface area contributed by atoms with Crippen molar-refractivity contribution in [2.75, 3.05) is 39.4 Å². The Labute approximate surface area is 132 Å². The fraction of sp³-hybridized carbons (Fsp3) is 0.765. The Hall–Kier alpha value is -1.36. The van der Waals surface area contributed by atoms with Gasteiger partial charge in [-0.2, -0.15) is 0 Å². The predicted molar refractivity (Wildman–Crippen MR) is 83.2 cm³/mol. The minimum atomic E-state index is -0.213. The molecule has 0 N–H and O–H groups in total. The van der Waals surface area contributed by atoms with Crippen molar-refractivity contribution in [2.24, 2.45) is 11.3 Å². The molecule has 3 saturated heterocycles. The highest BCUT2D eigenvalue weighted by Crippen LogP contribution is 2.41. The van der Waals surface area contributed by atoms with Crippen LogP contribution in [0.1, 0.15) is 32.1 Å². The molecule has 3 aliphatic rings. The summed E-state index contributed by atoms with van der Waals surface area (Å²) in [6, 6.07) is 0. The zero-order chi connectivity index (χ0) is 15.6. The van der Waals surface area contributed by atoms with Crippen LogP contribution in [0.25, 0.3) is 0 Å². The second-order valence-corrected chi connectivity index (χ2v) is 6.78. The van der Waals surface area contributed by atoms with E-state index in [0.717, 1.165) is 51.7 Å². The molecule has 3 rings (SSSR count). The van der Waals surface area contributed by atoms with Crippen molar-refractivity contribution in [2.45, 2.75) is 32.1 Å². The molecule has 0 aliphatic carbocycles. The number of piperidine rings is 1. The van der Waals surface area contributed by atoms with Gasteiger partial charge in [-0.1, -0.05) is 6.08 Å². The molecule has 0 radical (unpaired) electrons. The topological polar surface area (TPSA) is 49.9 Å². The summed E-state index contributed by atoms with van der Waals surface area (Å²) in [5, 5.41) is 0. The molecule has 3 fully saturated rings. The molecule has 0 aromatic carbocycles. The molecule has 122 valence electrons. The largest absolute Gasteiger partial charge is 0.381 e. The Morgan fingerprint density at radius 2 is 1.86 bits per heavy atom. The summed E-state index contributed by atoms with van der Waals surface area (Å²) in [7, 11) is 0. The van der Waals surface area contributed by atoms with Gasteiger partial charge in [-0.05, 0) is 32.1 Å². The maximum absolute atomic E-state index is 12.6. The minimum absolute atomic E-state index is 0.124. The van der Waals surface area contributed by atoms with E-state index in [1.165, 1.54) is 0 Å². The van der Waals surface area contributed by atoms with E-state index in [2.05, 4.69) is 6.58 Å². The molecule has 3 heterocycles. The molecule has 2 amide bonds. The Morgan fingerprint density at radius 3 is 2.50 bits per heavy atom. The summed E-state index contributed by atoms with van der Waals surface area (Å²) in [5.74, 6) is 0.663. The number of carbonyl (C=O) groups is 2. The Bertz CT molecular complexity index is 449. The highest BCUT2D eigenvalue weighted by Gasteiger charge is 2.48. The molecule has 0 saturated carbocycles. The second kappa shape index (κ2) is 6.41. The summed E-state index contributed by atoms with van der Waals surface area (Å²) >= 11 is 0. The van der Waals surface area contributed by atoms with Gasteiger partial charge in [0.1, 0.15) is 0 Å². The van der Waals surface area contributed by atoms with Gasteiger partial charge in [0.2, 0.25) is 11.8 Å². The van der Waals surface area contributed by atoms with Crippen LogP contribution in [-0.2, 0) is 14.3 Å². The lowest BCUT2D eigenvalue weighted by Gasteiger charge is -2.39. The minimum Gasteiger partial charge on any atom is -0.381 e. The third-order valence-corrected chi connectivity index (χ3v) is 5.55. The number of nitrogens with zero attached hydrogens (tertiary/aromatic N) is 2. The van der Waals surface area contributed by atoms with Crippen LogP contribution in [0.15, 0.2) is 12.7 Å². The molecule has 5 nitrogen and oxygen atoms in total. The van der Waals surface area contributed by atoms with Crippen LogP contribution < -0.4 is 0 Å². The van der Waals surface area contributed by atoms with E-state index in [1.54, 1.807) is 6.08 Å². The van der Waals surface area contributed by atoms with Gasteiger partial charge in [0.15, 0.2) is 0 Å². The van der Waals surface area contributed by atoms with E-state index in [-0.39, 0.29) is 23.1 Å². The maximum atomic E-state index is 12.6. The van der Waals surface area contributed by atoms with E-state index in [0.29, 0.717) is 19.8 Å². The molecule has 22 heavy (non-hydrogen) atoms. The molecule has 0 bridgehead atoms. The first-order valence-electron chi connectivity index (χ1n) is 8.43. The predicted octanol–water partition coefficient (Wildman–Crippen LogP) is 1.44. The van der Waals surface area contributed by atoms with Gasteiger partial charge in [0.05, 0.1) is 5.41 Å². The van der Waals surface area contributed by atoms with Gasteiger partial charge in [-0.15, -0.1) is 6.58 Å².